The maximum Gasteiger partial charge on any atom is 1.00 e. The molecule has 4 rings (SSSR count). The molecule has 0 spiro atoms. The van der Waals surface area contributed by atoms with Gasteiger partial charge in [-0.05, 0) is 67.6 Å². The van der Waals surface area contributed by atoms with Crippen LogP contribution in [0.1, 0.15) is 11.3 Å². The van der Waals surface area contributed by atoms with Crippen LogP contribution in [0.5, 0.6) is 0 Å². The number of anilines is 1. The number of hydrogen-bond acceptors (Lipinski definition) is 12. The van der Waals surface area contributed by atoms with Crippen LogP contribution in [0.2, 0.25) is 0 Å². The first-order chi connectivity index (χ1) is 19.1. The number of carbonyl (C=O) groups is 1. The number of benzene rings is 2. The molecular weight excluding hydrogens is 614 g/mol. The molecule has 3 aromatic rings. The summed E-state index contributed by atoms with van der Waals surface area (Å²) in [4.78, 5) is 35.9. The molecule has 1 amide bonds. The zero-order valence-corrected chi connectivity index (χ0v) is 28.4. The fourth-order valence-electron chi connectivity index (χ4n) is 3.66. The summed E-state index contributed by atoms with van der Waals surface area (Å²) >= 11 is 0.721. The Morgan fingerprint density at radius 3 is 2.29 bits per heavy atom. The number of H-pyrrole nitrogens is 1. The molecule has 14 nitrogen and oxygen atoms in total. The molecule has 0 fully saturated rings. The Labute approximate surface area is 288 Å². The van der Waals surface area contributed by atoms with Gasteiger partial charge < -0.3 is 9.81 Å². The normalized spacial score (nSPS) is 14.3. The predicted octanol–water partition coefficient (Wildman–Crippen LogP) is -4.46. The van der Waals surface area contributed by atoms with Gasteiger partial charge in [-0.3, -0.25) is 19.7 Å². The van der Waals surface area contributed by atoms with E-state index in [0.29, 0.717) is 21.8 Å². The van der Waals surface area contributed by atoms with Crippen molar-refractivity contribution in [1.82, 2.24) is 9.78 Å². The van der Waals surface area contributed by atoms with Gasteiger partial charge in [0.05, 0.1) is 46.6 Å². The molecule has 0 aliphatic carbocycles. The molecule has 0 radical (unpaired) electrons. The van der Waals surface area contributed by atoms with Crippen LogP contribution in [0.15, 0.2) is 85.9 Å². The fraction of sp³-hybridized carbons (Fsp3) is 0.125. The first-order valence-corrected chi connectivity index (χ1v) is 13.4. The standard InChI is InChI=1S/C24H22N4O10S2.2Na/c1-15-20(23(29)27(25-15)16-6-10-18(11-7-16)39-38-37-31)4-3-5-21-22(14-36-35-2)26-28(24(21)30)17-8-12-19(13-9-17)40(32,33)34;;/h3-13,25,31H,14H2,1-2H3,(H,32,33,34);;/q;2*+1/p-2/b4-3+,21-5-;;. The number of rotatable bonds is 11. The minimum absolute atomic E-state index is 0. The second-order valence-corrected chi connectivity index (χ2v) is 10.1. The van der Waals surface area contributed by atoms with Gasteiger partial charge in [0.2, 0.25) is 0 Å². The topological polar surface area (TPSA) is 188 Å². The number of hydrazone groups is 1. The van der Waals surface area contributed by atoms with Crippen molar-refractivity contribution in [3.63, 3.8) is 0 Å². The average Bonchev–Trinajstić information content (AvgIpc) is 3.41. The van der Waals surface area contributed by atoms with Gasteiger partial charge >= 0.3 is 59.1 Å². The van der Waals surface area contributed by atoms with Crippen LogP contribution in [-0.4, -0.2) is 48.1 Å². The number of aryl methyl sites for hydroxylation is 1. The number of hydrogen-bond donors (Lipinski definition) is 1. The number of nitrogens with zero attached hydrogens (tertiary/aromatic N) is 3. The van der Waals surface area contributed by atoms with Crippen LogP contribution in [-0.2, 0) is 34.1 Å². The number of allylic oxidation sites excluding steroid dienone is 2. The number of carbonyl (C=O) groups excluding carboxylic acids is 1. The molecule has 18 heteroatoms. The van der Waals surface area contributed by atoms with E-state index in [1.807, 2.05) is 0 Å². The second kappa shape index (κ2) is 16.3. The first kappa shape index (κ1) is 36.3. The van der Waals surface area contributed by atoms with E-state index in [1.54, 1.807) is 31.2 Å². The summed E-state index contributed by atoms with van der Waals surface area (Å²) in [7, 11) is -3.36. The van der Waals surface area contributed by atoms with Gasteiger partial charge in [-0.1, -0.05) is 6.08 Å². The van der Waals surface area contributed by atoms with Crippen LogP contribution in [0.3, 0.4) is 0 Å². The van der Waals surface area contributed by atoms with Crippen molar-refractivity contribution in [3.05, 3.63) is 87.9 Å². The summed E-state index contributed by atoms with van der Waals surface area (Å²) in [6.45, 7) is 1.53. The summed E-state index contributed by atoms with van der Waals surface area (Å²) in [6, 6.07) is 11.3. The molecule has 42 heavy (non-hydrogen) atoms. The van der Waals surface area contributed by atoms with Gasteiger partial charge in [0.25, 0.3) is 11.5 Å². The molecular formula is C24H20N4Na2O10S2. The second-order valence-electron chi connectivity index (χ2n) is 7.98. The molecule has 2 aromatic carbocycles. The van der Waals surface area contributed by atoms with Gasteiger partial charge in [0.1, 0.15) is 22.4 Å². The summed E-state index contributed by atoms with van der Waals surface area (Å²) in [6.07, 6.45) is 4.49. The van der Waals surface area contributed by atoms with E-state index in [1.165, 1.54) is 42.2 Å². The minimum Gasteiger partial charge on any atom is -0.744 e. The van der Waals surface area contributed by atoms with Gasteiger partial charge in [0, 0.05) is 10.6 Å². The van der Waals surface area contributed by atoms with E-state index in [-0.39, 0.29) is 88.3 Å². The van der Waals surface area contributed by atoms with Crippen molar-refractivity contribution in [1.29, 1.82) is 0 Å². The quantitative estimate of drug-likeness (QED) is 0.0535. The third kappa shape index (κ3) is 8.61. The number of aromatic nitrogens is 2. The number of aromatic amines is 1. The summed E-state index contributed by atoms with van der Waals surface area (Å²) in [5.74, 6) is -0.551. The predicted molar refractivity (Wildman–Crippen MR) is 139 cm³/mol. The van der Waals surface area contributed by atoms with Crippen molar-refractivity contribution >= 4 is 45.5 Å². The molecule has 1 N–H and O–H groups in total. The van der Waals surface area contributed by atoms with Gasteiger partial charge in [-0.25, -0.2) is 22.9 Å². The number of nitrogens with one attached hydrogen (secondary N) is 1. The van der Waals surface area contributed by atoms with Crippen LogP contribution >= 0.6 is 12.0 Å². The monoisotopic (exact) mass is 634 g/mol. The SMILES string of the molecule is COOCC1=NN(c2ccc(S(=O)(=O)[O-])cc2)C(=O)/C1=C\C=C\c1c(C)[nH]n(-c2ccc(SOO[O-])cc2)c1=O.[Na+].[Na+]. The van der Waals surface area contributed by atoms with E-state index in [9.17, 15) is 27.8 Å². The average molecular weight is 635 g/mol. The van der Waals surface area contributed by atoms with Crippen molar-refractivity contribution in [2.45, 2.75) is 16.7 Å². The van der Waals surface area contributed by atoms with Crippen molar-refractivity contribution < 1.29 is 101 Å². The fourth-order valence-corrected chi connectivity index (χ4v) is 4.48. The summed E-state index contributed by atoms with van der Waals surface area (Å²) in [5, 5.41) is 21.5. The van der Waals surface area contributed by atoms with E-state index in [2.05, 4.69) is 24.5 Å². The van der Waals surface area contributed by atoms with Crippen molar-refractivity contribution in [3.8, 4) is 5.69 Å². The minimum atomic E-state index is -4.65. The zero-order chi connectivity index (χ0) is 28.9. The van der Waals surface area contributed by atoms with Crippen molar-refractivity contribution in [2.75, 3.05) is 18.7 Å². The van der Waals surface area contributed by atoms with Crippen molar-refractivity contribution in [2.24, 2.45) is 5.10 Å². The Bertz CT molecular complexity index is 1650. The molecule has 1 aromatic heterocycles. The third-order valence-electron chi connectivity index (χ3n) is 5.53. The Hall–Kier alpha value is -1.87. The molecule has 0 bridgehead atoms. The summed E-state index contributed by atoms with van der Waals surface area (Å²) in [5.41, 5.74) is 1.65. The van der Waals surface area contributed by atoms with E-state index in [4.69, 9.17) is 4.89 Å². The van der Waals surface area contributed by atoms with Gasteiger partial charge in [0.15, 0.2) is 0 Å². The molecule has 0 atom stereocenters. The maximum absolute atomic E-state index is 13.1. The van der Waals surface area contributed by atoms with Crippen LogP contribution in [0, 0.1) is 6.92 Å². The van der Waals surface area contributed by atoms with E-state index >= 15 is 0 Å². The molecule has 0 saturated carbocycles. The molecule has 210 valence electrons. The van der Waals surface area contributed by atoms with Crippen LogP contribution in [0.4, 0.5) is 5.69 Å². The van der Waals surface area contributed by atoms with Gasteiger partial charge in [-0.2, -0.15) is 14.4 Å². The Morgan fingerprint density at radius 1 is 1.05 bits per heavy atom. The molecule has 1 aliphatic rings. The smallest absolute Gasteiger partial charge is 0.744 e. The zero-order valence-electron chi connectivity index (χ0n) is 22.8. The summed E-state index contributed by atoms with van der Waals surface area (Å²) < 4.78 is 39.2. The molecule has 2 heterocycles. The Morgan fingerprint density at radius 2 is 1.69 bits per heavy atom. The Balaban J connectivity index is 0.00000308. The largest absolute Gasteiger partial charge is 1.00 e. The number of amides is 1. The van der Waals surface area contributed by atoms with E-state index in [0.717, 1.165) is 29.2 Å². The molecule has 0 unspecified atom stereocenters. The third-order valence-corrected chi connectivity index (χ3v) is 6.97. The first-order valence-electron chi connectivity index (χ1n) is 11.2. The maximum atomic E-state index is 13.1. The van der Waals surface area contributed by atoms with E-state index < -0.39 is 20.9 Å². The van der Waals surface area contributed by atoms with Gasteiger partial charge in [-0.15, -0.1) is 0 Å². The Kier molecular flexibility index (Phi) is 14.1. The molecule has 0 saturated heterocycles. The molecule has 1 aliphatic heterocycles. The van der Waals surface area contributed by atoms with Crippen LogP contribution in [0.25, 0.3) is 11.8 Å². The van der Waals surface area contributed by atoms with Crippen LogP contribution < -0.4 is 74.9 Å².